The standard InChI is InChI=1S/C23H20FN3OS/c1-2-21-22(28)27(15-16-10-12-19(24)13-11-16)23(29-21)26-25-14-18-8-5-7-17-6-3-4-9-20(17)18/h3-14,21H,2,15H2,1H3/b25-14-,26-23+/t21-/m0/s1. The predicted molar refractivity (Wildman–Crippen MR) is 118 cm³/mol. The molecule has 1 fully saturated rings. The Bertz CT molecular complexity index is 1090. The lowest BCUT2D eigenvalue weighted by Gasteiger charge is -2.15. The topological polar surface area (TPSA) is 45.0 Å². The molecule has 1 aliphatic rings. The van der Waals surface area contributed by atoms with Crippen molar-refractivity contribution in [1.29, 1.82) is 0 Å². The van der Waals surface area contributed by atoms with Gasteiger partial charge in [0.25, 0.3) is 0 Å². The molecule has 0 radical (unpaired) electrons. The Hall–Kier alpha value is -2.99. The smallest absolute Gasteiger partial charge is 0.242 e. The van der Waals surface area contributed by atoms with Gasteiger partial charge in [-0.3, -0.25) is 9.69 Å². The highest BCUT2D eigenvalue weighted by molar-refractivity contribution is 8.15. The summed E-state index contributed by atoms with van der Waals surface area (Å²) >= 11 is 1.43. The molecule has 0 aliphatic carbocycles. The highest BCUT2D eigenvalue weighted by atomic mass is 32.2. The van der Waals surface area contributed by atoms with Gasteiger partial charge in [-0.1, -0.05) is 73.3 Å². The van der Waals surface area contributed by atoms with Crippen molar-refractivity contribution in [3.8, 4) is 0 Å². The highest BCUT2D eigenvalue weighted by Crippen LogP contribution is 2.31. The van der Waals surface area contributed by atoms with Gasteiger partial charge in [-0.2, -0.15) is 5.10 Å². The predicted octanol–water partition coefficient (Wildman–Crippen LogP) is 5.22. The van der Waals surface area contributed by atoms with Crippen molar-refractivity contribution in [2.75, 3.05) is 0 Å². The number of carbonyl (C=O) groups is 1. The van der Waals surface area contributed by atoms with Gasteiger partial charge in [0.1, 0.15) is 5.82 Å². The van der Waals surface area contributed by atoms with Gasteiger partial charge in [0.05, 0.1) is 18.0 Å². The molecule has 4 nitrogen and oxygen atoms in total. The molecule has 0 bridgehead atoms. The number of nitrogens with zero attached hydrogens (tertiary/aromatic N) is 3. The third-order valence-electron chi connectivity index (χ3n) is 4.81. The van der Waals surface area contributed by atoms with E-state index in [1.807, 2.05) is 37.3 Å². The highest BCUT2D eigenvalue weighted by Gasteiger charge is 2.36. The first-order valence-corrected chi connectivity index (χ1v) is 10.3. The second-order valence-electron chi connectivity index (χ2n) is 6.76. The fourth-order valence-corrected chi connectivity index (χ4v) is 4.29. The van der Waals surface area contributed by atoms with Gasteiger partial charge >= 0.3 is 0 Å². The molecule has 0 unspecified atom stereocenters. The van der Waals surface area contributed by atoms with Crippen LogP contribution in [0, 0.1) is 5.82 Å². The van der Waals surface area contributed by atoms with Crippen molar-refractivity contribution in [2.45, 2.75) is 25.1 Å². The third kappa shape index (κ3) is 4.22. The van der Waals surface area contributed by atoms with E-state index < -0.39 is 0 Å². The van der Waals surface area contributed by atoms with Gasteiger partial charge in [-0.15, -0.1) is 5.10 Å². The fraction of sp³-hybridized carbons (Fsp3) is 0.174. The van der Waals surface area contributed by atoms with Crippen molar-refractivity contribution in [3.05, 3.63) is 83.7 Å². The maximum absolute atomic E-state index is 13.2. The van der Waals surface area contributed by atoms with E-state index in [4.69, 9.17) is 0 Å². The fourth-order valence-electron chi connectivity index (χ4n) is 3.27. The minimum Gasteiger partial charge on any atom is -0.284 e. The molecule has 29 heavy (non-hydrogen) atoms. The molecule has 1 atom stereocenters. The van der Waals surface area contributed by atoms with Gasteiger partial charge in [-0.05, 0) is 34.9 Å². The van der Waals surface area contributed by atoms with E-state index in [1.54, 1.807) is 23.2 Å². The van der Waals surface area contributed by atoms with E-state index in [-0.39, 0.29) is 17.0 Å². The largest absolute Gasteiger partial charge is 0.284 e. The average molecular weight is 405 g/mol. The number of fused-ring (bicyclic) bond motifs is 1. The van der Waals surface area contributed by atoms with Crippen LogP contribution in [0.15, 0.2) is 76.9 Å². The van der Waals surface area contributed by atoms with Gasteiger partial charge in [0, 0.05) is 5.56 Å². The maximum atomic E-state index is 13.2. The van der Waals surface area contributed by atoms with E-state index >= 15 is 0 Å². The Labute approximate surface area is 173 Å². The lowest BCUT2D eigenvalue weighted by atomic mass is 10.1. The third-order valence-corrected chi connectivity index (χ3v) is 6.14. The minimum absolute atomic E-state index is 0.0148. The SMILES string of the molecule is CC[C@@H]1S/C(=N/N=C\c2cccc3ccccc23)N(Cc2ccc(F)cc2)C1=O. The number of halogens is 1. The molecule has 1 heterocycles. The number of hydrogen-bond donors (Lipinski definition) is 0. The van der Waals surface area contributed by atoms with Crippen LogP contribution in [0.25, 0.3) is 10.8 Å². The Morgan fingerprint density at radius 1 is 1.07 bits per heavy atom. The van der Waals surface area contributed by atoms with Crippen LogP contribution in [0.1, 0.15) is 24.5 Å². The molecule has 1 aliphatic heterocycles. The van der Waals surface area contributed by atoms with Crippen molar-refractivity contribution in [2.24, 2.45) is 10.2 Å². The van der Waals surface area contributed by atoms with Crippen LogP contribution in [-0.2, 0) is 11.3 Å². The first-order valence-electron chi connectivity index (χ1n) is 9.47. The lowest BCUT2D eigenvalue weighted by Crippen LogP contribution is -2.31. The lowest BCUT2D eigenvalue weighted by molar-refractivity contribution is -0.126. The van der Waals surface area contributed by atoms with Crippen molar-refractivity contribution < 1.29 is 9.18 Å². The summed E-state index contributed by atoms with van der Waals surface area (Å²) in [6, 6.07) is 20.3. The summed E-state index contributed by atoms with van der Waals surface area (Å²) in [6.07, 6.45) is 2.44. The number of amidine groups is 1. The molecule has 3 aromatic carbocycles. The van der Waals surface area contributed by atoms with Crippen molar-refractivity contribution >= 4 is 39.8 Å². The molecular formula is C23H20FN3OS. The number of rotatable bonds is 5. The number of hydrogen-bond acceptors (Lipinski definition) is 4. The molecule has 0 saturated carbocycles. The van der Waals surface area contributed by atoms with E-state index in [1.165, 1.54) is 23.9 Å². The first kappa shape index (κ1) is 19.3. The minimum atomic E-state index is -0.295. The summed E-state index contributed by atoms with van der Waals surface area (Å²) in [5.41, 5.74) is 1.82. The molecule has 3 aromatic rings. The summed E-state index contributed by atoms with van der Waals surface area (Å²) in [5.74, 6) is -0.281. The average Bonchev–Trinajstić information content (AvgIpc) is 3.04. The molecule has 0 N–H and O–H groups in total. The second kappa shape index (κ2) is 8.57. The second-order valence-corrected chi connectivity index (χ2v) is 7.93. The van der Waals surface area contributed by atoms with Gasteiger partial charge in [0.2, 0.25) is 5.91 Å². The Kier molecular flexibility index (Phi) is 5.71. The summed E-state index contributed by atoms with van der Waals surface area (Å²) in [4.78, 5) is 14.4. The van der Waals surface area contributed by atoms with Gasteiger partial charge in [0.15, 0.2) is 5.17 Å². The number of thioether (sulfide) groups is 1. The van der Waals surface area contributed by atoms with Crippen LogP contribution in [0.5, 0.6) is 0 Å². The van der Waals surface area contributed by atoms with E-state index in [9.17, 15) is 9.18 Å². The zero-order valence-corrected chi connectivity index (χ0v) is 16.8. The van der Waals surface area contributed by atoms with Crippen LogP contribution in [0.2, 0.25) is 0 Å². The van der Waals surface area contributed by atoms with E-state index in [0.717, 1.165) is 28.3 Å². The molecule has 6 heteroatoms. The zero-order valence-electron chi connectivity index (χ0n) is 16.0. The van der Waals surface area contributed by atoms with Crippen molar-refractivity contribution in [1.82, 2.24) is 4.90 Å². The molecule has 0 spiro atoms. The number of amides is 1. The number of carbonyl (C=O) groups excluding carboxylic acids is 1. The number of benzene rings is 3. The van der Waals surface area contributed by atoms with Gasteiger partial charge < -0.3 is 0 Å². The summed E-state index contributed by atoms with van der Waals surface area (Å²) in [7, 11) is 0. The summed E-state index contributed by atoms with van der Waals surface area (Å²) in [6.45, 7) is 2.33. The molecule has 0 aromatic heterocycles. The molecule has 1 saturated heterocycles. The first-order chi connectivity index (χ1) is 14.2. The van der Waals surface area contributed by atoms with Crippen LogP contribution in [0.3, 0.4) is 0 Å². The van der Waals surface area contributed by atoms with Crippen LogP contribution < -0.4 is 0 Å². The molecule has 1 amide bonds. The molecular weight excluding hydrogens is 385 g/mol. The van der Waals surface area contributed by atoms with Gasteiger partial charge in [-0.25, -0.2) is 4.39 Å². The van der Waals surface area contributed by atoms with Crippen LogP contribution in [-0.4, -0.2) is 27.4 Å². The van der Waals surface area contributed by atoms with Crippen LogP contribution in [0.4, 0.5) is 4.39 Å². The quantitative estimate of drug-likeness (QED) is 0.431. The normalized spacial score (nSPS) is 18.4. The monoisotopic (exact) mass is 405 g/mol. The maximum Gasteiger partial charge on any atom is 0.242 e. The zero-order chi connectivity index (χ0) is 20.2. The van der Waals surface area contributed by atoms with Crippen LogP contribution >= 0.6 is 11.8 Å². The van der Waals surface area contributed by atoms with Crippen molar-refractivity contribution in [3.63, 3.8) is 0 Å². The van der Waals surface area contributed by atoms with E-state index in [0.29, 0.717) is 11.7 Å². The summed E-state index contributed by atoms with van der Waals surface area (Å²) in [5, 5.41) is 11.3. The Morgan fingerprint density at radius 2 is 1.83 bits per heavy atom. The summed E-state index contributed by atoms with van der Waals surface area (Å²) < 4.78 is 13.2. The Balaban J connectivity index is 1.60. The van der Waals surface area contributed by atoms with E-state index in [2.05, 4.69) is 22.3 Å². The molecule has 4 rings (SSSR count). The Morgan fingerprint density at radius 3 is 2.62 bits per heavy atom. The molecule has 146 valence electrons.